The van der Waals surface area contributed by atoms with Crippen LogP contribution < -0.4 is 0 Å². The largest absolute Gasteiger partial charge is 0.499 e. The van der Waals surface area contributed by atoms with E-state index in [1.54, 1.807) is 12.5 Å². The van der Waals surface area contributed by atoms with Gasteiger partial charge in [0, 0.05) is 13.2 Å². The Kier molecular flexibility index (Phi) is 34.1. The summed E-state index contributed by atoms with van der Waals surface area (Å²) in [5.74, 6) is -0.208. The quantitative estimate of drug-likeness (QED) is 0.117. The topological polar surface area (TPSA) is 92.7 Å². The minimum Gasteiger partial charge on any atom is -0.499 e. The Morgan fingerprint density at radius 1 is 0.647 bits per heavy atom. The van der Waals surface area contributed by atoms with Gasteiger partial charge in [-0.2, -0.15) is 0 Å². The number of aliphatic hydroxyl groups is 1. The van der Waals surface area contributed by atoms with Gasteiger partial charge >= 0.3 is 5.97 Å². The molecular weight excluding hydrogens is 440 g/mol. The Morgan fingerprint density at radius 3 is 1.74 bits per heavy atom. The van der Waals surface area contributed by atoms with E-state index >= 15 is 0 Å². The van der Waals surface area contributed by atoms with Crippen molar-refractivity contribution in [2.75, 3.05) is 66.1 Å². The summed E-state index contributed by atoms with van der Waals surface area (Å²) in [6, 6.07) is 0. The Hall–Kier alpha value is -1.61. The predicted molar refractivity (Wildman–Crippen MR) is 135 cm³/mol. The molecule has 8 nitrogen and oxygen atoms in total. The van der Waals surface area contributed by atoms with Crippen molar-refractivity contribution >= 4 is 5.97 Å². The monoisotopic (exact) mass is 490 g/mol. The first-order valence-corrected chi connectivity index (χ1v) is 12.8. The van der Waals surface area contributed by atoms with Gasteiger partial charge in [0.25, 0.3) is 0 Å². The molecule has 0 aliphatic rings. The normalized spacial score (nSPS) is 10.9. The number of carbonyl (C=O) groups excluding carboxylic acids is 1. The van der Waals surface area contributed by atoms with Crippen molar-refractivity contribution in [1.82, 2.24) is 0 Å². The summed E-state index contributed by atoms with van der Waals surface area (Å²) in [6.45, 7) is 11.7. The Labute approximate surface area is 207 Å². The molecule has 202 valence electrons. The average molecular weight is 491 g/mol. The zero-order chi connectivity index (χ0) is 25.4. The van der Waals surface area contributed by atoms with Gasteiger partial charge in [-0.1, -0.05) is 33.6 Å². The number of hydrogen-bond acceptors (Lipinski definition) is 8. The van der Waals surface area contributed by atoms with E-state index in [1.165, 1.54) is 6.42 Å². The Balaban J connectivity index is 0. The number of rotatable bonds is 24. The van der Waals surface area contributed by atoms with E-state index in [-0.39, 0.29) is 12.6 Å². The van der Waals surface area contributed by atoms with Crippen LogP contribution in [-0.2, 0) is 33.2 Å². The standard InChI is InChI=1S/C16H30O5.C10H20O3/c1-3-5-10-18-11-6-7-12-19-14-15-20-13-8-16(17)21-9-4-2;1-2-3-7-12-8-4-5-9-13-10-6-11/h7,12H,3-6,8-11,13-15H2,1-2H3;5,9,11H,2-4,6-8,10H2,1H3/b12-7+;9-5+. The molecule has 0 spiro atoms. The van der Waals surface area contributed by atoms with Crippen molar-refractivity contribution in [3.63, 3.8) is 0 Å². The Morgan fingerprint density at radius 2 is 1.21 bits per heavy atom. The third-order valence-corrected chi connectivity index (χ3v) is 4.00. The second-order valence-electron chi connectivity index (χ2n) is 7.30. The number of aliphatic hydroxyl groups excluding tert-OH is 1. The van der Waals surface area contributed by atoms with E-state index in [9.17, 15) is 4.79 Å². The van der Waals surface area contributed by atoms with Crippen LogP contribution in [0.25, 0.3) is 0 Å². The molecule has 1 N–H and O–H groups in total. The van der Waals surface area contributed by atoms with Crippen LogP contribution in [0.15, 0.2) is 24.7 Å². The molecule has 0 rings (SSSR count). The van der Waals surface area contributed by atoms with E-state index < -0.39 is 0 Å². The van der Waals surface area contributed by atoms with Gasteiger partial charge in [0.1, 0.15) is 13.2 Å². The summed E-state index contributed by atoms with van der Waals surface area (Å²) in [5, 5.41) is 8.38. The van der Waals surface area contributed by atoms with Crippen LogP contribution >= 0.6 is 0 Å². The van der Waals surface area contributed by atoms with Gasteiger partial charge in [-0.15, -0.1) is 0 Å². The molecule has 0 fully saturated rings. The highest BCUT2D eigenvalue weighted by atomic mass is 16.5. The minimum absolute atomic E-state index is 0.0668. The molecule has 0 atom stereocenters. The van der Waals surface area contributed by atoms with Crippen molar-refractivity contribution in [3.8, 4) is 0 Å². The first-order valence-electron chi connectivity index (χ1n) is 12.8. The summed E-state index contributed by atoms with van der Waals surface area (Å²) in [7, 11) is 0. The van der Waals surface area contributed by atoms with Gasteiger partial charge in [-0.3, -0.25) is 4.79 Å². The smallest absolute Gasteiger partial charge is 0.308 e. The fourth-order valence-electron chi connectivity index (χ4n) is 2.11. The summed E-state index contributed by atoms with van der Waals surface area (Å²) in [5.41, 5.74) is 0. The second kappa shape index (κ2) is 33.6. The third kappa shape index (κ3) is 35.0. The number of ether oxygens (including phenoxy) is 6. The number of esters is 1. The highest BCUT2D eigenvalue weighted by Gasteiger charge is 2.01. The van der Waals surface area contributed by atoms with Crippen LogP contribution in [0.3, 0.4) is 0 Å². The highest BCUT2D eigenvalue weighted by Crippen LogP contribution is 1.93. The van der Waals surface area contributed by atoms with E-state index in [1.807, 2.05) is 19.1 Å². The maximum Gasteiger partial charge on any atom is 0.308 e. The van der Waals surface area contributed by atoms with Crippen LogP contribution in [0.2, 0.25) is 0 Å². The van der Waals surface area contributed by atoms with Crippen molar-refractivity contribution in [2.24, 2.45) is 0 Å². The molecule has 0 radical (unpaired) electrons. The molecule has 8 heteroatoms. The van der Waals surface area contributed by atoms with Gasteiger partial charge in [0.05, 0.1) is 58.6 Å². The first-order chi connectivity index (χ1) is 16.7. The predicted octanol–water partition coefficient (Wildman–Crippen LogP) is 4.80. The van der Waals surface area contributed by atoms with Gasteiger partial charge in [-0.05, 0) is 44.3 Å². The fourth-order valence-corrected chi connectivity index (χ4v) is 2.11. The molecule has 34 heavy (non-hydrogen) atoms. The van der Waals surface area contributed by atoms with Gasteiger partial charge in [-0.25, -0.2) is 0 Å². The third-order valence-electron chi connectivity index (χ3n) is 4.00. The van der Waals surface area contributed by atoms with Crippen molar-refractivity contribution in [1.29, 1.82) is 0 Å². The zero-order valence-corrected chi connectivity index (χ0v) is 21.8. The van der Waals surface area contributed by atoms with Crippen LogP contribution in [0.4, 0.5) is 0 Å². The van der Waals surface area contributed by atoms with Crippen LogP contribution in [0, 0.1) is 0 Å². The fraction of sp³-hybridized carbons (Fsp3) is 0.808. The van der Waals surface area contributed by atoms with Crippen LogP contribution in [-0.4, -0.2) is 77.1 Å². The maximum atomic E-state index is 11.1. The summed E-state index contributed by atoms with van der Waals surface area (Å²) < 4.78 is 31.1. The van der Waals surface area contributed by atoms with Gasteiger partial charge < -0.3 is 33.5 Å². The summed E-state index contributed by atoms with van der Waals surface area (Å²) in [6.07, 6.45) is 14.6. The van der Waals surface area contributed by atoms with Gasteiger partial charge in [0.15, 0.2) is 0 Å². The molecule has 0 aromatic rings. The van der Waals surface area contributed by atoms with E-state index in [0.29, 0.717) is 39.5 Å². The molecule has 0 aromatic heterocycles. The molecule has 0 saturated heterocycles. The first kappa shape index (κ1) is 34.6. The van der Waals surface area contributed by atoms with E-state index in [2.05, 4.69) is 13.8 Å². The number of hydrogen-bond donors (Lipinski definition) is 1. The molecule has 0 aliphatic heterocycles. The lowest BCUT2D eigenvalue weighted by molar-refractivity contribution is -0.144. The number of unbranched alkanes of at least 4 members (excludes halogenated alkanes) is 2. The average Bonchev–Trinajstić information content (AvgIpc) is 2.85. The molecule has 0 heterocycles. The lowest BCUT2D eigenvalue weighted by atomic mass is 10.4. The SMILES string of the molecule is CCCCOCC/C=C/OCCO.CCCCOCC/C=C/OCCOCCC(=O)OCCC. The second-order valence-corrected chi connectivity index (χ2v) is 7.30. The molecule has 0 bridgehead atoms. The highest BCUT2D eigenvalue weighted by molar-refractivity contribution is 5.69. The lowest BCUT2D eigenvalue weighted by Crippen LogP contribution is -2.10. The molecule has 0 aromatic carbocycles. The zero-order valence-electron chi connectivity index (χ0n) is 21.8. The summed E-state index contributed by atoms with van der Waals surface area (Å²) in [4.78, 5) is 11.1. The van der Waals surface area contributed by atoms with Crippen LogP contribution in [0.1, 0.15) is 72.1 Å². The minimum atomic E-state index is -0.208. The van der Waals surface area contributed by atoms with Crippen LogP contribution in [0.5, 0.6) is 0 Å². The van der Waals surface area contributed by atoms with Crippen molar-refractivity contribution in [3.05, 3.63) is 24.7 Å². The molecule has 0 unspecified atom stereocenters. The van der Waals surface area contributed by atoms with E-state index in [4.69, 9.17) is 33.5 Å². The van der Waals surface area contributed by atoms with Crippen molar-refractivity contribution in [2.45, 2.75) is 72.1 Å². The number of carbonyl (C=O) groups is 1. The van der Waals surface area contributed by atoms with E-state index in [0.717, 1.165) is 65.0 Å². The van der Waals surface area contributed by atoms with Crippen molar-refractivity contribution < 1.29 is 38.3 Å². The molecule has 0 aliphatic carbocycles. The summed E-state index contributed by atoms with van der Waals surface area (Å²) >= 11 is 0. The molecule has 0 saturated carbocycles. The molecule has 0 amide bonds. The maximum absolute atomic E-state index is 11.1. The Bertz CT molecular complexity index is 441. The van der Waals surface area contributed by atoms with Gasteiger partial charge in [0.2, 0.25) is 0 Å². The molecular formula is C26H50O8. The lowest BCUT2D eigenvalue weighted by Gasteiger charge is -2.05.